The smallest absolute Gasteiger partial charge is 0.255 e. The van der Waals surface area contributed by atoms with E-state index in [2.05, 4.69) is 10.6 Å². The molecule has 2 heterocycles. The molecule has 6 nitrogen and oxygen atoms in total. The zero-order chi connectivity index (χ0) is 15.1. The minimum Gasteiger partial charge on any atom is -0.493 e. The van der Waals surface area contributed by atoms with Gasteiger partial charge in [0, 0.05) is 11.3 Å². The Morgan fingerprint density at radius 2 is 2.05 bits per heavy atom. The summed E-state index contributed by atoms with van der Waals surface area (Å²) in [6, 6.07) is 11.1. The second-order valence-electron chi connectivity index (χ2n) is 5.05. The Morgan fingerprint density at radius 3 is 2.91 bits per heavy atom. The number of para-hydroxylation sites is 1. The molecule has 6 heteroatoms. The Labute approximate surface area is 127 Å². The molecule has 2 aromatic carbocycles. The molecule has 0 bridgehead atoms. The molecule has 0 aliphatic carbocycles. The highest BCUT2D eigenvalue weighted by Crippen LogP contribution is 2.43. The van der Waals surface area contributed by atoms with Crippen LogP contribution in [0.2, 0.25) is 0 Å². The summed E-state index contributed by atoms with van der Waals surface area (Å²) in [5, 5.41) is 6.23. The maximum atomic E-state index is 12.2. The van der Waals surface area contributed by atoms with E-state index >= 15 is 0 Å². The van der Waals surface area contributed by atoms with E-state index < -0.39 is 0 Å². The van der Waals surface area contributed by atoms with Crippen molar-refractivity contribution in [3.8, 4) is 17.2 Å². The fourth-order valence-corrected chi connectivity index (χ4v) is 2.69. The van der Waals surface area contributed by atoms with E-state index in [4.69, 9.17) is 14.2 Å². The summed E-state index contributed by atoms with van der Waals surface area (Å²) in [4.78, 5) is 12.2. The number of fused-ring (bicyclic) bond motifs is 2. The third-order valence-electron chi connectivity index (χ3n) is 3.76. The van der Waals surface area contributed by atoms with Crippen LogP contribution >= 0.6 is 0 Å². The fraction of sp³-hybridized carbons (Fsp3) is 0.188. The van der Waals surface area contributed by atoms with E-state index in [1.54, 1.807) is 13.2 Å². The Kier molecular flexibility index (Phi) is 2.82. The van der Waals surface area contributed by atoms with Gasteiger partial charge in [0.2, 0.25) is 12.5 Å². The predicted octanol–water partition coefficient (Wildman–Crippen LogP) is 2.28. The molecular weight excluding hydrogens is 284 g/mol. The third kappa shape index (κ3) is 1.92. The number of anilines is 1. The molecule has 0 saturated heterocycles. The number of benzene rings is 2. The standard InChI is InChI=1S/C16H14N2O4/c1-20-12-6-9(7-13-14(12)22-8-21-13)15-17-11-5-3-2-4-10(11)16(19)18-15/h2-7,15,17H,8H2,1H3,(H,18,19). The number of carbonyl (C=O) groups is 1. The first kappa shape index (κ1) is 12.8. The summed E-state index contributed by atoms with van der Waals surface area (Å²) < 4.78 is 16.2. The van der Waals surface area contributed by atoms with Crippen LogP contribution in [0.25, 0.3) is 0 Å². The zero-order valence-corrected chi connectivity index (χ0v) is 11.9. The summed E-state index contributed by atoms with van der Waals surface area (Å²) in [6.45, 7) is 0.169. The molecular formula is C16H14N2O4. The summed E-state index contributed by atoms with van der Waals surface area (Å²) >= 11 is 0. The molecule has 4 rings (SSSR count). The van der Waals surface area contributed by atoms with E-state index in [1.165, 1.54) is 0 Å². The highest BCUT2D eigenvalue weighted by molar-refractivity contribution is 6.01. The highest BCUT2D eigenvalue weighted by atomic mass is 16.7. The topological polar surface area (TPSA) is 68.8 Å². The summed E-state index contributed by atoms with van der Waals surface area (Å²) in [5.41, 5.74) is 2.27. The molecule has 0 radical (unpaired) electrons. The molecule has 1 unspecified atom stereocenters. The normalized spacial score (nSPS) is 18.2. The lowest BCUT2D eigenvalue weighted by Crippen LogP contribution is -2.38. The molecule has 0 aromatic heterocycles. The van der Waals surface area contributed by atoms with Crippen molar-refractivity contribution >= 4 is 11.6 Å². The molecule has 1 atom stereocenters. The van der Waals surface area contributed by atoms with Gasteiger partial charge in [0.15, 0.2) is 11.5 Å². The van der Waals surface area contributed by atoms with Crippen molar-refractivity contribution in [3.63, 3.8) is 0 Å². The van der Waals surface area contributed by atoms with Crippen LogP contribution in [0.1, 0.15) is 22.1 Å². The van der Waals surface area contributed by atoms with Crippen LogP contribution in [0.4, 0.5) is 5.69 Å². The second-order valence-corrected chi connectivity index (χ2v) is 5.05. The third-order valence-corrected chi connectivity index (χ3v) is 3.76. The van der Waals surface area contributed by atoms with Gasteiger partial charge in [0.05, 0.1) is 12.7 Å². The first-order valence-corrected chi connectivity index (χ1v) is 6.90. The molecule has 1 amide bonds. The van der Waals surface area contributed by atoms with Crippen LogP contribution in [-0.4, -0.2) is 19.8 Å². The van der Waals surface area contributed by atoms with Crippen molar-refractivity contribution in [3.05, 3.63) is 47.5 Å². The summed E-state index contributed by atoms with van der Waals surface area (Å²) in [6.07, 6.45) is -0.356. The van der Waals surface area contributed by atoms with Crippen LogP contribution in [0.15, 0.2) is 36.4 Å². The summed E-state index contributed by atoms with van der Waals surface area (Å²) in [7, 11) is 1.57. The van der Waals surface area contributed by atoms with Crippen molar-refractivity contribution in [2.75, 3.05) is 19.2 Å². The lowest BCUT2D eigenvalue weighted by atomic mass is 10.0. The quantitative estimate of drug-likeness (QED) is 0.890. The van der Waals surface area contributed by atoms with Gasteiger partial charge in [-0.15, -0.1) is 0 Å². The van der Waals surface area contributed by atoms with Gasteiger partial charge in [0.25, 0.3) is 5.91 Å². The van der Waals surface area contributed by atoms with Gasteiger partial charge in [-0.25, -0.2) is 0 Å². The molecule has 0 fully saturated rings. The van der Waals surface area contributed by atoms with E-state index in [1.807, 2.05) is 30.3 Å². The first-order chi connectivity index (χ1) is 10.8. The van der Waals surface area contributed by atoms with Gasteiger partial charge in [-0.05, 0) is 24.3 Å². The average Bonchev–Trinajstić information content (AvgIpc) is 3.02. The van der Waals surface area contributed by atoms with Crippen LogP contribution < -0.4 is 24.8 Å². The number of methoxy groups -OCH3 is 1. The Balaban J connectivity index is 1.73. The molecule has 0 spiro atoms. The molecule has 2 aliphatic heterocycles. The first-order valence-electron chi connectivity index (χ1n) is 6.90. The maximum Gasteiger partial charge on any atom is 0.255 e. The van der Waals surface area contributed by atoms with Crippen LogP contribution in [-0.2, 0) is 0 Å². The van der Waals surface area contributed by atoms with Crippen molar-refractivity contribution < 1.29 is 19.0 Å². The van der Waals surface area contributed by atoms with E-state index in [0.29, 0.717) is 22.8 Å². The molecule has 0 saturated carbocycles. The minimum atomic E-state index is -0.356. The van der Waals surface area contributed by atoms with Crippen molar-refractivity contribution in [2.24, 2.45) is 0 Å². The SMILES string of the molecule is COc1cc(C2NC(=O)c3ccccc3N2)cc2c1OCO2. The average molecular weight is 298 g/mol. The Bertz CT molecular complexity index is 760. The Morgan fingerprint density at radius 1 is 1.18 bits per heavy atom. The summed E-state index contributed by atoms with van der Waals surface area (Å²) in [5.74, 6) is 1.67. The number of amides is 1. The molecule has 2 aliphatic rings. The fourth-order valence-electron chi connectivity index (χ4n) is 2.69. The van der Waals surface area contributed by atoms with E-state index in [9.17, 15) is 4.79 Å². The van der Waals surface area contributed by atoms with Crippen LogP contribution in [0.5, 0.6) is 17.2 Å². The van der Waals surface area contributed by atoms with Crippen LogP contribution in [0.3, 0.4) is 0 Å². The second kappa shape index (κ2) is 4.84. The van der Waals surface area contributed by atoms with Gasteiger partial charge in [-0.3, -0.25) is 4.79 Å². The predicted molar refractivity (Wildman–Crippen MR) is 79.4 cm³/mol. The van der Waals surface area contributed by atoms with Crippen molar-refractivity contribution in [1.29, 1.82) is 0 Å². The molecule has 22 heavy (non-hydrogen) atoms. The highest BCUT2D eigenvalue weighted by Gasteiger charge is 2.27. The zero-order valence-electron chi connectivity index (χ0n) is 11.9. The number of hydrogen-bond donors (Lipinski definition) is 2. The minimum absolute atomic E-state index is 0.115. The molecule has 2 aromatic rings. The lowest BCUT2D eigenvalue weighted by Gasteiger charge is -2.28. The van der Waals surface area contributed by atoms with Gasteiger partial charge in [-0.2, -0.15) is 0 Å². The largest absolute Gasteiger partial charge is 0.493 e. The number of hydrogen-bond acceptors (Lipinski definition) is 5. The van der Waals surface area contributed by atoms with Gasteiger partial charge >= 0.3 is 0 Å². The van der Waals surface area contributed by atoms with E-state index in [0.717, 1.165) is 11.3 Å². The maximum absolute atomic E-state index is 12.2. The van der Waals surface area contributed by atoms with Gasteiger partial charge in [-0.1, -0.05) is 12.1 Å². The van der Waals surface area contributed by atoms with Gasteiger partial charge in [0.1, 0.15) is 6.17 Å². The van der Waals surface area contributed by atoms with Crippen molar-refractivity contribution in [1.82, 2.24) is 5.32 Å². The molecule has 112 valence electrons. The van der Waals surface area contributed by atoms with E-state index in [-0.39, 0.29) is 18.9 Å². The number of carbonyl (C=O) groups excluding carboxylic acids is 1. The van der Waals surface area contributed by atoms with Crippen molar-refractivity contribution in [2.45, 2.75) is 6.17 Å². The Hall–Kier alpha value is -2.89. The van der Waals surface area contributed by atoms with Crippen LogP contribution in [0, 0.1) is 0 Å². The number of nitrogens with one attached hydrogen (secondary N) is 2. The lowest BCUT2D eigenvalue weighted by molar-refractivity contribution is 0.0935. The number of rotatable bonds is 2. The monoisotopic (exact) mass is 298 g/mol. The number of ether oxygens (including phenoxy) is 3. The molecule has 2 N–H and O–H groups in total. The van der Waals surface area contributed by atoms with Gasteiger partial charge < -0.3 is 24.8 Å².